The fourth-order valence-electron chi connectivity index (χ4n) is 3.74. The highest BCUT2D eigenvalue weighted by Crippen LogP contribution is 2.40. The molecule has 6 nitrogen and oxygen atoms in total. The summed E-state index contributed by atoms with van der Waals surface area (Å²) in [6.45, 7) is 4.48. The number of Topliss-reactive ketones (excluding diaryl/α,β-unsaturated/α-hetero) is 1. The predicted octanol–water partition coefficient (Wildman–Crippen LogP) is 4.61. The van der Waals surface area contributed by atoms with Crippen molar-refractivity contribution >= 4 is 17.4 Å². The van der Waals surface area contributed by atoms with E-state index < -0.39 is 17.7 Å². The van der Waals surface area contributed by atoms with Gasteiger partial charge in [-0.05, 0) is 43.7 Å². The number of benzene rings is 2. The minimum absolute atomic E-state index is 0.0598. The first-order chi connectivity index (χ1) is 15.0. The monoisotopic (exact) mass is 417 g/mol. The molecular formula is C25H23NO5. The molecule has 1 amide bonds. The van der Waals surface area contributed by atoms with Gasteiger partial charge in [-0.3, -0.25) is 9.59 Å². The van der Waals surface area contributed by atoms with Crippen LogP contribution in [0.15, 0.2) is 76.9 Å². The number of likely N-dealkylation sites (tertiary alicyclic amines) is 1. The number of furan rings is 1. The van der Waals surface area contributed by atoms with Crippen molar-refractivity contribution in [3.8, 4) is 5.75 Å². The molecule has 1 atom stereocenters. The molecule has 0 aliphatic carbocycles. The number of nitrogens with zero attached hydrogens (tertiary/aromatic N) is 1. The molecular weight excluding hydrogens is 394 g/mol. The van der Waals surface area contributed by atoms with Crippen molar-refractivity contribution in [3.05, 3.63) is 95.0 Å². The van der Waals surface area contributed by atoms with E-state index in [2.05, 4.69) is 0 Å². The number of ether oxygens (including phenoxy) is 1. The average Bonchev–Trinajstić information content (AvgIpc) is 3.37. The zero-order valence-corrected chi connectivity index (χ0v) is 17.4. The topological polar surface area (TPSA) is 80.0 Å². The molecule has 6 heteroatoms. The van der Waals surface area contributed by atoms with Gasteiger partial charge in [0.15, 0.2) is 0 Å². The molecule has 1 aromatic heterocycles. The molecule has 0 bridgehead atoms. The summed E-state index contributed by atoms with van der Waals surface area (Å²) in [4.78, 5) is 27.4. The summed E-state index contributed by atoms with van der Waals surface area (Å²) in [6, 6.07) is 17.1. The van der Waals surface area contributed by atoms with E-state index in [1.807, 2.05) is 26.0 Å². The van der Waals surface area contributed by atoms with E-state index in [4.69, 9.17) is 9.15 Å². The second kappa shape index (κ2) is 8.52. The highest BCUT2D eigenvalue weighted by Gasteiger charge is 2.46. The van der Waals surface area contributed by atoms with Crippen LogP contribution in [0.1, 0.15) is 35.4 Å². The minimum atomic E-state index is -0.748. The largest absolute Gasteiger partial charge is 0.507 e. The van der Waals surface area contributed by atoms with E-state index in [0.29, 0.717) is 29.2 Å². The quantitative estimate of drug-likeness (QED) is 0.360. The van der Waals surface area contributed by atoms with Gasteiger partial charge >= 0.3 is 0 Å². The molecule has 31 heavy (non-hydrogen) atoms. The number of ketones is 1. The van der Waals surface area contributed by atoms with Crippen LogP contribution < -0.4 is 4.74 Å². The van der Waals surface area contributed by atoms with Crippen LogP contribution in [0.25, 0.3) is 5.76 Å². The Labute approximate surface area is 180 Å². The first kappa shape index (κ1) is 20.5. The van der Waals surface area contributed by atoms with Gasteiger partial charge in [0.25, 0.3) is 11.7 Å². The van der Waals surface area contributed by atoms with Crippen LogP contribution in [0.5, 0.6) is 5.75 Å². The van der Waals surface area contributed by atoms with Gasteiger partial charge in [0, 0.05) is 5.56 Å². The lowest BCUT2D eigenvalue weighted by Crippen LogP contribution is -2.29. The van der Waals surface area contributed by atoms with E-state index in [1.165, 1.54) is 11.2 Å². The number of rotatable bonds is 6. The predicted molar refractivity (Wildman–Crippen MR) is 115 cm³/mol. The summed E-state index contributed by atoms with van der Waals surface area (Å²) < 4.78 is 10.9. The van der Waals surface area contributed by atoms with E-state index in [1.54, 1.807) is 48.5 Å². The molecule has 2 heterocycles. The minimum Gasteiger partial charge on any atom is -0.507 e. The highest BCUT2D eigenvalue weighted by molar-refractivity contribution is 6.46. The number of aryl methyl sites for hydroxylation is 1. The Kier molecular flexibility index (Phi) is 5.62. The van der Waals surface area contributed by atoms with Crippen molar-refractivity contribution in [2.45, 2.75) is 26.4 Å². The second-order valence-electron chi connectivity index (χ2n) is 7.37. The van der Waals surface area contributed by atoms with Gasteiger partial charge in [0.2, 0.25) is 0 Å². The molecule has 0 saturated carbocycles. The Morgan fingerprint density at radius 3 is 2.39 bits per heavy atom. The molecule has 2 aromatic carbocycles. The molecule has 3 aromatic rings. The third kappa shape index (κ3) is 3.97. The van der Waals surface area contributed by atoms with Gasteiger partial charge in [0.05, 0.1) is 31.0 Å². The summed E-state index contributed by atoms with van der Waals surface area (Å²) >= 11 is 0. The van der Waals surface area contributed by atoms with Crippen LogP contribution in [-0.4, -0.2) is 28.3 Å². The lowest BCUT2D eigenvalue weighted by atomic mass is 9.95. The molecule has 1 aliphatic heterocycles. The van der Waals surface area contributed by atoms with Crippen molar-refractivity contribution < 1.29 is 23.8 Å². The Hall–Kier alpha value is -3.80. The first-order valence-electron chi connectivity index (χ1n) is 10.1. The van der Waals surface area contributed by atoms with Crippen LogP contribution in [0.2, 0.25) is 0 Å². The summed E-state index contributed by atoms with van der Waals surface area (Å²) in [5.74, 6) is -0.354. The standard InChI is InChI=1S/C25H23NO5/c1-3-30-19-12-10-17(11-13-19)22-21(23(27)18-8-6-16(2)7-9-18)24(28)25(29)26(22)15-20-5-4-14-31-20/h4-14,22,27H,3,15H2,1-2H3/b23-21-. The Bertz CT molecular complexity index is 1110. The van der Waals surface area contributed by atoms with Gasteiger partial charge < -0.3 is 19.2 Å². The third-order valence-electron chi connectivity index (χ3n) is 5.28. The lowest BCUT2D eigenvalue weighted by Gasteiger charge is -2.24. The van der Waals surface area contributed by atoms with Crippen LogP contribution in [0, 0.1) is 6.92 Å². The zero-order chi connectivity index (χ0) is 22.0. The molecule has 1 saturated heterocycles. The normalized spacial score (nSPS) is 17.9. The fraction of sp³-hybridized carbons (Fsp3) is 0.200. The number of amides is 1. The van der Waals surface area contributed by atoms with E-state index in [-0.39, 0.29) is 17.9 Å². The maximum absolute atomic E-state index is 13.0. The maximum Gasteiger partial charge on any atom is 0.296 e. The number of hydrogen-bond acceptors (Lipinski definition) is 5. The van der Waals surface area contributed by atoms with Crippen molar-refractivity contribution in [1.82, 2.24) is 4.90 Å². The van der Waals surface area contributed by atoms with Gasteiger partial charge in [-0.25, -0.2) is 0 Å². The highest BCUT2D eigenvalue weighted by atomic mass is 16.5. The Morgan fingerprint density at radius 1 is 1.06 bits per heavy atom. The Morgan fingerprint density at radius 2 is 1.77 bits per heavy atom. The molecule has 0 spiro atoms. The Balaban J connectivity index is 1.82. The SMILES string of the molecule is CCOc1ccc(C2/C(=C(/O)c3ccc(C)cc3)C(=O)C(=O)N2Cc2ccco2)cc1. The summed E-state index contributed by atoms with van der Waals surface area (Å²) in [5, 5.41) is 11.0. The van der Waals surface area contributed by atoms with Crippen molar-refractivity contribution in [1.29, 1.82) is 0 Å². The summed E-state index contributed by atoms with van der Waals surface area (Å²) in [5.41, 5.74) is 2.27. The number of carbonyl (C=O) groups excluding carboxylic acids is 2. The third-order valence-corrected chi connectivity index (χ3v) is 5.28. The molecule has 4 rings (SSSR count). The summed E-state index contributed by atoms with van der Waals surface area (Å²) in [6.07, 6.45) is 1.52. The van der Waals surface area contributed by atoms with Crippen LogP contribution in [-0.2, 0) is 16.1 Å². The molecule has 0 radical (unpaired) electrons. The van der Waals surface area contributed by atoms with E-state index in [0.717, 1.165) is 5.56 Å². The molecule has 1 unspecified atom stereocenters. The average molecular weight is 417 g/mol. The number of hydrogen-bond donors (Lipinski definition) is 1. The van der Waals surface area contributed by atoms with Crippen LogP contribution in [0.4, 0.5) is 0 Å². The number of carbonyl (C=O) groups is 2. The van der Waals surface area contributed by atoms with Crippen LogP contribution >= 0.6 is 0 Å². The first-order valence-corrected chi connectivity index (χ1v) is 10.1. The van der Waals surface area contributed by atoms with Gasteiger partial charge in [-0.15, -0.1) is 0 Å². The molecule has 158 valence electrons. The lowest BCUT2D eigenvalue weighted by molar-refractivity contribution is -0.140. The smallest absolute Gasteiger partial charge is 0.296 e. The van der Waals surface area contributed by atoms with Gasteiger partial charge in [-0.1, -0.05) is 42.0 Å². The van der Waals surface area contributed by atoms with Crippen LogP contribution in [0.3, 0.4) is 0 Å². The van der Waals surface area contributed by atoms with Crippen molar-refractivity contribution in [2.24, 2.45) is 0 Å². The number of aliphatic hydroxyl groups excluding tert-OH is 1. The fourth-order valence-corrected chi connectivity index (χ4v) is 3.74. The second-order valence-corrected chi connectivity index (χ2v) is 7.37. The zero-order valence-electron chi connectivity index (χ0n) is 17.4. The maximum atomic E-state index is 13.0. The van der Waals surface area contributed by atoms with Gasteiger partial charge in [0.1, 0.15) is 17.3 Å². The van der Waals surface area contributed by atoms with E-state index >= 15 is 0 Å². The molecule has 1 fully saturated rings. The summed E-state index contributed by atoms with van der Waals surface area (Å²) in [7, 11) is 0. The van der Waals surface area contributed by atoms with Crippen molar-refractivity contribution in [3.63, 3.8) is 0 Å². The van der Waals surface area contributed by atoms with E-state index in [9.17, 15) is 14.7 Å². The van der Waals surface area contributed by atoms with Crippen molar-refractivity contribution in [2.75, 3.05) is 6.61 Å². The molecule has 1 aliphatic rings. The number of aliphatic hydroxyl groups is 1. The van der Waals surface area contributed by atoms with Gasteiger partial charge in [-0.2, -0.15) is 0 Å². The molecule has 1 N–H and O–H groups in total.